The van der Waals surface area contributed by atoms with Crippen molar-refractivity contribution in [2.45, 2.75) is 38.9 Å². The summed E-state index contributed by atoms with van der Waals surface area (Å²) >= 11 is 1.14. The molecule has 182 valence electrons. The van der Waals surface area contributed by atoms with Crippen molar-refractivity contribution >= 4 is 35.0 Å². The van der Waals surface area contributed by atoms with Gasteiger partial charge in [-0.2, -0.15) is 4.98 Å². The number of nitrogens with two attached hydrogens (primary N) is 1. The standard InChI is InChI=1S/C23H26N8O3S/c1-4-10-29(17(32)13-35-22-27-21-25-14(2)11-15(3)31(21)28-22)18-19(24)30(23(34)26-20(18)33)12-16-8-6-5-7-9-16/h5-9,11H,4,10,12-13,24H2,1-3H3,(H,26,33,34). The van der Waals surface area contributed by atoms with Crippen LogP contribution in [0.4, 0.5) is 11.5 Å². The molecule has 35 heavy (non-hydrogen) atoms. The summed E-state index contributed by atoms with van der Waals surface area (Å²) in [7, 11) is 0. The van der Waals surface area contributed by atoms with Crippen LogP contribution >= 0.6 is 11.8 Å². The Morgan fingerprint density at radius 2 is 1.91 bits per heavy atom. The fraction of sp³-hybridized carbons (Fsp3) is 0.304. The number of anilines is 2. The van der Waals surface area contributed by atoms with E-state index in [0.717, 1.165) is 28.7 Å². The van der Waals surface area contributed by atoms with Crippen LogP contribution in [0.2, 0.25) is 0 Å². The van der Waals surface area contributed by atoms with Crippen molar-refractivity contribution in [3.8, 4) is 0 Å². The third-order valence-electron chi connectivity index (χ3n) is 5.34. The first-order valence-corrected chi connectivity index (χ1v) is 12.1. The molecule has 1 aromatic carbocycles. The average molecular weight is 495 g/mol. The molecule has 0 aliphatic carbocycles. The van der Waals surface area contributed by atoms with Gasteiger partial charge < -0.3 is 10.6 Å². The van der Waals surface area contributed by atoms with Crippen LogP contribution in [-0.2, 0) is 11.3 Å². The second kappa shape index (κ2) is 10.1. The van der Waals surface area contributed by atoms with Gasteiger partial charge in [-0.3, -0.25) is 19.1 Å². The molecular formula is C23H26N8O3S. The van der Waals surface area contributed by atoms with Crippen LogP contribution in [0.5, 0.6) is 0 Å². The minimum absolute atomic E-state index is 0.0222. The van der Waals surface area contributed by atoms with Gasteiger partial charge in [0.25, 0.3) is 11.3 Å². The number of amides is 1. The van der Waals surface area contributed by atoms with Crippen LogP contribution in [-0.4, -0.2) is 47.3 Å². The molecule has 3 N–H and O–H groups in total. The number of aromatic nitrogens is 6. The minimum Gasteiger partial charge on any atom is -0.383 e. The highest BCUT2D eigenvalue weighted by Crippen LogP contribution is 2.21. The van der Waals surface area contributed by atoms with Gasteiger partial charge in [-0.1, -0.05) is 49.0 Å². The number of nitrogens with zero attached hydrogens (tertiary/aromatic N) is 6. The lowest BCUT2D eigenvalue weighted by atomic mass is 10.2. The molecule has 0 radical (unpaired) electrons. The molecule has 0 unspecified atom stereocenters. The molecule has 3 heterocycles. The molecule has 3 aromatic heterocycles. The Labute approximate surface area is 205 Å². The predicted molar refractivity (Wildman–Crippen MR) is 135 cm³/mol. The second-order valence-corrected chi connectivity index (χ2v) is 8.99. The van der Waals surface area contributed by atoms with Gasteiger partial charge >= 0.3 is 5.69 Å². The summed E-state index contributed by atoms with van der Waals surface area (Å²) in [5, 5.41) is 4.80. The molecule has 0 bridgehead atoms. The van der Waals surface area contributed by atoms with Crippen LogP contribution in [0.1, 0.15) is 30.3 Å². The quantitative estimate of drug-likeness (QED) is 0.353. The number of benzene rings is 1. The Bertz CT molecular complexity index is 1490. The maximum absolute atomic E-state index is 13.2. The number of hydrogen-bond donors (Lipinski definition) is 2. The topological polar surface area (TPSA) is 144 Å². The number of aryl methyl sites for hydroxylation is 2. The van der Waals surface area contributed by atoms with Gasteiger partial charge in [-0.15, -0.1) is 5.10 Å². The average Bonchev–Trinajstić information content (AvgIpc) is 3.23. The Morgan fingerprint density at radius 1 is 1.17 bits per heavy atom. The molecule has 12 heteroatoms. The lowest BCUT2D eigenvalue weighted by Gasteiger charge is -2.24. The Hall–Kier alpha value is -3.93. The third kappa shape index (κ3) is 5.11. The molecule has 11 nitrogen and oxygen atoms in total. The van der Waals surface area contributed by atoms with Gasteiger partial charge in [0.2, 0.25) is 11.1 Å². The molecule has 4 aromatic rings. The zero-order chi connectivity index (χ0) is 25.1. The first-order chi connectivity index (χ1) is 16.8. The monoisotopic (exact) mass is 494 g/mol. The summed E-state index contributed by atoms with van der Waals surface area (Å²) in [4.78, 5) is 50.9. The lowest BCUT2D eigenvalue weighted by Crippen LogP contribution is -2.42. The highest BCUT2D eigenvalue weighted by Gasteiger charge is 2.24. The van der Waals surface area contributed by atoms with E-state index >= 15 is 0 Å². The van der Waals surface area contributed by atoms with Gasteiger partial charge in [0.1, 0.15) is 5.82 Å². The molecule has 0 saturated heterocycles. The van der Waals surface area contributed by atoms with Crippen molar-refractivity contribution in [3.63, 3.8) is 0 Å². The van der Waals surface area contributed by atoms with E-state index in [1.165, 1.54) is 9.47 Å². The molecular weight excluding hydrogens is 468 g/mol. The number of carbonyl (C=O) groups excluding carboxylic acids is 1. The predicted octanol–water partition coefficient (Wildman–Crippen LogP) is 1.76. The zero-order valence-electron chi connectivity index (χ0n) is 19.7. The number of hydrogen-bond acceptors (Lipinski definition) is 8. The maximum Gasteiger partial charge on any atom is 0.330 e. The zero-order valence-corrected chi connectivity index (χ0v) is 20.5. The molecule has 0 atom stereocenters. The summed E-state index contributed by atoms with van der Waals surface area (Å²) in [5.74, 6) is 0.0248. The summed E-state index contributed by atoms with van der Waals surface area (Å²) in [6.45, 7) is 6.08. The number of rotatable bonds is 8. The van der Waals surface area contributed by atoms with E-state index in [2.05, 4.69) is 20.1 Å². The largest absolute Gasteiger partial charge is 0.383 e. The van der Waals surface area contributed by atoms with Gasteiger partial charge in [0.05, 0.1) is 12.3 Å². The normalized spacial score (nSPS) is 11.2. The number of nitrogens with one attached hydrogen (secondary N) is 1. The Kier molecular flexibility index (Phi) is 7.01. The van der Waals surface area contributed by atoms with E-state index in [4.69, 9.17) is 5.73 Å². The smallest absolute Gasteiger partial charge is 0.330 e. The number of fused-ring (bicyclic) bond motifs is 1. The van der Waals surface area contributed by atoms with Crippen molar-refractivity contribution in [1.29, 1.82) is 0 Å². The van der Waals surface area contributed by atoms with Crippen LogP contribution in [0, 0.1) is 13.8 Å². The maximum atomic E-state index is 13.2. The first kappa shape index (κ1) is 24.2. The van der Waals surface area contributed by atoms with Crippen LogP contribution in [0.25, 0.3) is 5.78 Å². The number of nitrogen functional groups attached to an aromatic ring is 1. The number of carbonyl (C=O) groups is 1. The SMILES string of the molecule is CCCN(C(=O)CSc1nc2nc(C)cc(C)n2n1)c1c(N)n(Cc2ccccc2)c(=O)[nH]c1=O. The molecule has 0 fully saturated rings. The first-order valence-electron chi connectivity index (χ1n) is 11.1. The van der Waals surface area contributed by atoms with Gasteiger partial charge in [-0.05, 0) is 31.9 Å². The van der Waals surface area contributed by atoms with Crippen molar-refractivity contribution < 1.29 is 4.79 Å². The van der Waals surface area contributed by atoms with Crippen molar-refractivity contribution in [1.82, 2.24) is 29.1 Å². The van der Waals surface area contributed by atoms with Crippen molar-refractivity contribution in [2.24, 2.45) is 0 Å². The minimum atomic E-state index is -0.704. The molecule has 0 saturated carbocycles. The van der Waals surface area contributed by atoms with Crippen LogP contribution in [0.15, 0.2) is 51.1 Å². The highest BCUT2D eigenvalue weighted by molar-refractivity contribution is 7.99. The van der Waals surface area contributed by atoms with Gasteiger partial charge in [0.15, 0.2) is 5.69 Å². The van der Waals surface area contributed by atoms with Crippen LogP contribution < -0.4 is 21.9 Å². The molecule has 0 spiro atoms. The fourth-order valence-corrected chi connectivity index (χ4v) is 4.45. The highest BCUT2D eigenvalue weighted by atomic mass is 32.2. The van der Waals surface area contributed by atoms with Crippen molar-refractivity contribution in [2.75, 3.05) is 22.9 Å². The third-order valence-corrected chi connectivity index (χ3v) is 6.16. The second-order valence-electron chi connectivity index (χ2n) is 8.04. The molecule has 1 amide bonds. The van der Waals surface area contributed by atoms with E-state index in [0.29, 0.717) is 17.4 Å². The van der Waals surface area contributed by atoms with Gasteiger partial charge in [-0.25, -0.2) is 14.3 Å². The molecule has 4 rings (SSSR count). The van der Waals surface area contributed by atoms with E-state index in [1.54, 1.807) is 4.52 Å². The molecule has 0 aliphatic heterocycles. The Morgan fingerprint density at radius 3 is 2.63 bits per heavy atom. The van der Waals surface area contributed by atoms with E-state index in [9.17, 15) is 14.4 Å². The summed E-state index contributed by atoms with van der Waals surface area (Å²) < 4.78 is 2.88. The van der Waals surface area contributed by atoms with E-state index in [-0.39, 0.29) is 36.3 Å². The fourth-order valence-electron chi connectivity index (χ4n) is 3.76. The lowest BCUT2D eigenvalue weighted by molar-refractivity contribution is -0.116. The van der Waals surface area contributed by atoms with Crippen LogP contribution in [0.3, 0.4) is 0 Å². The van der Waals surface area contributed by atoms with Crippen molar-refractivity contribution in [3.05, 3.63) is 74.2 Å². The van der Waals surface area contributed by atoms with E-state index < -0.39 is 11.2 Å². The molecule has 0 aliphatic rings. The van der Waals surface area contributed by atoms with Gasteiger partial charge in [0, 0.05) is 17.9 Å². The number of aromatic amines is 1. The Balaban J connectivity index is 1.62. The number of thioether (sulfide) groups is 1. The summed E-state index contributed by atoms with van der Waals surface area (Å²) in [6.07, 6.45) is 0.585. The van der Waals surface area contributed by atoms with E-state index in [1.807, 2.05) is 57.2 Å². The summed E-state index contributed by atoms with van der Waals surface area (Å²) in [5.41, 5.74) is 7.46. The number of H-pyrrole nitrogens is 1. The summed E-state index contributed by atoms with van der Waals surface area (Å²) in [6, 6.07) is 11.1.